The number of benzene rings is 3. The van der Waals surface area contributed by atoms with Crippen LogP contribution in [0.2, 0.25) is 0 Å². The Hall–Kier alpha value is -3.72. The van der Waals surface area contributed by atoms with E-state index in [0.717, 1.165) is 12.0 Å². The number of amides is 1. The van der Waals surface area contributed by atoms with Crippen molar-refractivity contribution in [3.8, 4) is 11.8 Å². The second-order valence-corrected chi connectivity index (χ2v) is 7.41. The van der Waals surface area contributed by atoms with Gasteiger partial charge in [-0.15, -0.1) is 0 Å². The third kappa shape index (κ3) is 4.56. The average Bonchev–Trinajstić information content (AvgIpc) is 3.21. The van der Waals surface area contributed by atoms with Crippen molar-refractivity contribution in [2.45, 2.75) is 25.0 Å². The molecule has 3 aromatic carbocycles. The van der Waals surface area contributed by atoms with Crippen LogP contribution in [0.4, 0.5) is 8.78 Å². The molecule has 1 aliphatic rings. The molecule has 0 aliphatic carbocycles. The quantitative estimate of drug-likeness (QED) is 0.544. The van der Waals surface area contributed by atoms with E-state index in [2.05, 4.69) is 6.07 Å². The number of carbonyl (C=O) groups is 1. The van der Waals surface area contributed by atoms with Crippen molar-refractivity contribution in [3.05, 3.63) is 101 Å². The number of likely N-dealkylation sites (tertiary alicyclic amines) is 1. The fourth-order valence-electron chi connectivity index (χ4n) is 3.86. The molecule has 0 radical (unpaired) electrons. The lowest BCUT2D eigenvalue weighted by Crippen LogP contribution is -2.36. The van der Waals surface area contributed by atoms with Gasteiger partial charge >= 0.3 is 0 Å². The summed E-state index contributed by atoms with van der Waals surface area (Å²) in [6.45, 7) is 0.551. The molecule has 1 saturated heterocycles. The van der Waals surface area contributed by atoms with E-state index in [1.165, 1.54) is 24.3 Å². The Labute approximate surface area is 179 Å². The highest BCUT2D eigenvalue weighted by molar-refractivity contribution is 5.78. The zero-order valence-corrected chi connectivity index (χ0v) is 16.7. The van der Waals surface area contributed by atoms with Crippen LogP contribution in [-0.4, -0.2) is 17.4 Å². The van der Waals surface area contributed by atoms with E-state index >= 15 is 0 Å². The van der Waals surface area contributed by atoms with E-state index in [1.54, 1.807) is 53.4 Å². The van der Waals surface area contributed by atoms with Crippen molar-refractivity contribution in [1.29, 1.82) is 5.26 Å². The fraction of sp³-hybridized carbons (Fsp3) is 0.200. The maximum absolute atomic E-state index is 13.6. The molecule has 1 fully saturated rings. The Kier molecular flexibility index (Phi) is 5.94. The standard InChI is InChI=1S/C25H20F2N2O2/c26-20-9-5-18(6-10-20)24(29-15-1-2-23(29)30)25(19-7-11-21(27)12-8-19)31-22-13-3-17(16-28)4-14-22/h3-14,24-25H,1-2,15H2/t24?,25-/m0/s1. The highest BCUT2D eigenvalue weighted by Gasteiger charge is 2.37. The molecule has 0 saturated carbocycles. The number of hydrogen-bond acceptors (Lipinski definition) is 3. The van der Waals surface area contributed by atoms with Crippen LogP contribution >= 0.6 is 0 Å². The van der Waals surface area contributed by atoms with Gasteiger partial charge in [-0.25, -0.2) is 8.78 Å². The van der Waals surface area contributed by atoms with Gasteiger partial charge in [-0.05, 0) is 66.1 Å². The number of ether oxygens (including phenoxy) is 1. The summed E-state index contributed by atoms with van der Waals surface area (Å²) in [5.74, 6) is -0.255. The minimum absolute atomic E-state index is 0.00938. The average molecular weight is 418 g/mol. The Bertz CT molecular complexity index is 1090. The molecule has 31 heavy (non-hydrogen) atoms. The first kappa shape index (κ1) is 20.5. The monoisotopic (exact) mass is 418 g/mol. The first-order valence-corrected chi connectivity index (χ1v) is 10.0. The third-order valence-electron chi connectivity index (χ3n) is 5.39. The summed E-state index contributed by atoms with van der Waals surface area (Å²) in [7, 11) is 0. The molecular formula is C25H20F2N2O2. The lowest BCUT2D eigenvalue weighted by molar-refractivity contribution is -0.131. The smallest absolute Gasteiger partial charge is 0.223 e. The summed E-state index contributed by atoms with van der Waals surface area (Å²) in [6, 6.07) is 20.1. The molecule has 1 amide bonds. The van der Waals surface area contributed by atoms with E-state index in [9.17, 15) is 13.6 Å². The maximum atomic E-state index is 13.6. The molecule has 2 atom stereocenters. The normalized spacial score (nSPS) is 15.4. The van der Waals surface area contributed by atoms with Crippen molar-refractivity contribution in [2.24, 2.45) is 0 Å². The SMILES string of the molecule is N#Cc1ccc(O[C@@H](c2ccc(F)cc2)C(c2ccc(F)cc2)N2CCCC2=O)cc1. The topological polar surface area (TPSA) is 53.3 Å². The predicted molar refractivity (Wildman–Crippen MR) is 111 cm³/mol. The Balaban J connectivity index is 1.80. The van der Waals surface area contributed by atoms with Crippen LogP contribution in [0.1, 0.15) is 41.7 Å². The molecule has 0 spiro atoms. The first-order valence-electron chi connectivity index (χ1n) is 10.0. The fourth-order valence-corrected chi connectivity index (χ4v) is 3.86. The summed E-state index contributed by atoms with van der Waals surface area (Å²) in [5, 5.41) is 9.05. The molecule has 4 nitrogen and oxygen atoms in total. The number of nitriles is 1. The molecule has 1 unspecified atom stereocenters. The van der Waals surface area contributed by atoms with Gasteiger partial charge in [0.1, 0.15) is 23.5 Å². The van der Waals surface area contributed by atoms with Crippen LogP contribution in [0.5, 0.6) is 5.75 Å². The van der Waals surface area contributed by atoms with Gasteiger partial charge in [0.2, 0.25) is 5.91 Å². The number of rotatable bonds is 6. The van der Waals surface area contributed by atoms with Crippen LogP contribution in [0.25, 0.3) is 0 Å². The van der Waals surface area contributed by atoms with Crippen molar-refractivity contribution in [1.82, 2.24) is 4.90 Å². The molecule has 0 N–H and O–H groups in total. The van der Waals surface area contributed by atoms with Gasteiger partial charge in [0, 0.05) is 13.0 Å². The lowest BCUT2D eigenvalue weighted by Gasteiger charge is -2.35. The van der Waals surface area contributed by atoms with Gasteiger partial charge in [-0.1, -0.05) is 24.3 Å². The Morgan fingerprint density at radius 2 is 1.45 bits per heavy atom. The van der Waals surface area contributed by atoms with Crippen LogP contribution in [0.15, 0.2) is 72.8 Å². The third-order valence-corrected chi connectivity index (χ3v) is 5.39. The Morgan fingerprint density at radius 1 is 0.871 bits per heavy atom. The molecule has 3 aromatic rings. The van der Waals surface area contributed by atoms with Gasteiger partial charge in [0.15, 0.2) is 0 Å². The molecule has 156 valence electrons. The highest BCUT2D eigenvalue weighted by Crippen LogP contribution is 2.40. The number of hydrogen-bond donors (Lipinski definition) is 0. The molecule has 0 aromatic heterocycles. The number of carbonyl (C=O) groups excluding carboxylic acids is 1. The summed E-state index contributed by atoms with van der Waals surface area (Å²) in [4.78, 5) is 14.4. The van der Waals surface area contributed by atoms with Crippen molar-refractivity contribution < 1.29 is 18.3 Å². The molecule has 1 aliphatic heterocycles. The lowest BCUT2D eigenvalue weighted by atomic mass is 9.94. The molecule has 0 bridgehead atoms. The van der Waals surface area contributed by atoms with Gasteiger partial charge in [-0.3, -0.25) is 4.79 Å². The van der Waals surface area contributed by atoms with E-state index in [-0.39, 0.29) is 17.5 Å². The summed E-state index contributed by atoms with van der Waals surface area (Å²) in [6.07, 6.45) is 0.495. The van der Waals surface area contributed by atoms with Crippen molar-refractivity contribution in [2.75, 3.05) is 6.54 Å². The predicted octanol–water partition coefficient (Wildman–Crippen LogP) is 5.32. The number of halogens is 2. The molecule has 1 heterocycles. The second kappa shape index (κ2) is 8.97. The Morgan fingerprint density at radius 3 is 1.97 bits per heavy atom. The van der Waals surface area contributed by atoms with E-state index in [0.29, 0.717) is 29.8 Å². The van der Waals surface area contributed by atoms with Gasteiger partial charge < -0.3 is 9.64 Å². The van der Waals surface area contributed by atoms with Gasteiger partial charge in [0.25, 0.3) is 0 Å². The minimum Gasteiger partial charge on any atom is -0.483 e. The van der Waals surface area contributed by atoms with E-state index in [4.69, 9.17) is 10.00 Å². The highest BCUT2D eigenvalue weighted by atomic mass is 19.1. The summed E-state index contributed by atoms with van der Waals surface area (Å²) >= 11 is 0. The molecular weight excluding hydrogens is 398 g/mol. The zero-order valence-electron chi connectivity index (χ0n) is 16.7. The first-order chi connectivity index (χ1) is 15.0. The minimum atomic E-state index is -0.666. The van der Waals surface area contributed by atoms with Crippen LogP contribution in [0.3, 0.4) is 0 Å². The largest absolute Gasteiger partial charge is 0.483 e. The van der Waals surface area contributed by atoms with Crippen molar-refractivity contribution in [3.63, 3.8) is 0 Å². The molecule has 6 heteroatoms. The maximum Gasteiger partial charge on any atom is 0.223 e. The van der Waals surface area contributed by atoms with E-state index in [1.807, 2.05) is 0 Å². The zero-order chi connectivity index (χ0) is 21.8. The number of nitrogens with zero attached hydrogens (tertiary/aromatic N) is 2. The van der Waals surface area contributed by atoms with E-state index < -0.39 is 12.1 Å². The summed E-state index contributed by atoms with van der Waals surface area (Å²) < 4.78 is 33.6. The second-order valence-electron chi connectivity index (χ2n) is 7.41. The summed E-state index contributed by atoms with van der Waals surface area (Å²) in [5.41, 5.74) is 1.90. The van der Waals surface area contributed by atoms with Gasteiger partial charge in [0.05, 0.1) is 17.7 Å². The molecule has 4 rings (SSSR count). The van der Waals surface area contributed by atoms with Crippen LogP contribution in [0, 0.1) is 23.0 Å². The van der Waals surface area contributed by atoms with Crippen LogP contribution < -0.4 is 4.74 Å². The van der Waals surface area contributed by atoms with Crippen molar-refractivity contribution >= 4 is 5.91 Å². The van der Waals surface area contributed by atoms with Gasteiger partial charge in [-0.2, -0.15) is 5.26 Å². The van der Waals surface area contributed by atoms with Crippen LogP contribution in [-0.2, 0) is 4.79 Å².